The Morgan fingerprint density at radius 1 is 0.968 bits per heavy atom. The largest absolute Gasteiger partial charge is 0.350 e. The van der Waals surface area contributed by atoms with Crippen LogP contribution in [-0.2, 0) is 5.41 Å². The summed E-state index contributed by atoms with van der Waals surface area (Å²) in [5.74, 6) is 0.492. The van der Waals surface area contributed by atoms with Gasteiger partial charge in [0.1, 0.15) is 5.69 Å². The normalized spacial score (nSPS) is 31.4. The Kier molecular flexibility index (Phi) is 4.44. The topological polar surface area (TPSA) is 61.6 Å². The third-order valence-corrected chi connectivity index (χ3v) is 7.23. The Morgan fingerprint density at radius 2 is 1.61 bits per heavy atom. The first-order valence-corrected chi connectivity index (χ1v) is 11.0. The molecule has 4 saturated heterocycles. The molecule has 0 aliphatic carbocycles. The van der Waals surface area contributed by atoms with E-state index in [1.54, 1.807) is 6.07 Å². The molecule has 3 aromatic rings. The molecule has 0 spiro atoms. The Labute approximate surface area is 181 Å². The van der Waals surface area contributed by atoms with Crippen LogP contribution in [-0.4, -0.2) is 66.2 Å². The summed E-state index contributed by atoms with van der Waals surface area (Å²) in [6.07, 6.45) is 0. The highest BCUT2D eigenvalue weighted by atomic mass is 16.5. The summed E-state index contributed by atoms with van der Waals surface area (Å²) in [5.41, 5.74) is 2.82. The van der Waals surface area contributed by atoms with Crippen LogP contribution in [0.2, 0.25) is 0 Å². The van der Waals surface area contributed by atoms with Crippen molar-refractivity contribution in [2.24, 2.45) is 5.92 Å². The van der Waals surface area contributed by atoms with E-state index in [0.717, 1.165) is 44.8 Å². The van der Waals surface area contributed by atoms with Crippen LogP contribution < -0.4 is 5.32 Å². The molecule has 1 N–H and O–H groups in total. The summed E-state index contributed by atoms with van der Waals surface area (Å²) in [6, 6.07) is 22.3. The lowest BCUT2D eigenvalue weighted by molar-refractivity contribution is 0.0173. The molecule has 6 nitrogen and oxygen atoms in total. The van der Waals surface area contributed by atoms with E-state index in [4.69, 9.17) is 4.52 Å². The summed E-state index contributed by atoms with van der Waals surface area (Å²) in [4.78, 5) is 18.4. The molecule has 158 valence electrons. The molecule has 3 atom stereocenters. The number of carbonyl (C=O) groups is 1. The van der Waals surface area contributed by atoms with Crippen molar-refractivity contribution in [3.05, 3.63) is 78.1 Å². The van der Waals surface area contributed by atoms with Crippen molar-refractivity contribution in [3.63, 3.8) is 0 Å². The number of hydrogen-bond acceptors (Lipinski definition) is 5. The fourth-order valence-electron chi connectivity index (χ4n) is 5.91. The minimum atomic E-state index is -0.175. The molecule has 7 rings (SSSR count). The molecule has 1 aromatic heterocycles. The third kappa shape index (κ3) is 3.18. The van der Waals surface area contributed by atoms with Gasteiger partial charge >= 0.3 is 0 Å². The van der Waals surface area contributed by atoms with Gasteiger partial charge in [-0.3, -0.25) is 4.79 Å². The standard InChI is InChI=1S/C25H26N4O2/c30-24(22-13-21(27-31-22)18-7-3-1-4-8-18)26-23-19-14-28-11-12-29(15-19)17-25(23,16-28)20-9-5-2-6-10-20/h1-10,13,19,23H,11-12,14-17H2,(H,26,30). The Morgan fingerprint density at radius 3 is 2.29 bits per heavy atom. The number of rotatable bonds is 4. The van der Waals surface area contributed by atoms with Gasteiger partial charge in [-0.25, -0.2) is 0 Å². The van der Waals surface area contributed by atoms with Crippen LogP contribution in [0, 0.1) is 5.92 Å². The molecule has 0 radical (unpaired) electrons. The van der Waals surface area contributed by atoms with E-state index >= 15 is 0 Å². The molecular formula is C25H26N4O2. The second-order valence-corrected chi connectivity index (χ2v) is 9.15. The van der Waals surface area contributed by atoms with Crippen LogP contribution in [0.4, 0.5) is 0 Å². The fraction of sp³-hybridized carbons (Fsp3) is 0.360. The lowest BCUT2D eigenvalue weighted by Crippen LogP contribution is -2.70. The first kappa shape index (κ1) is 18.8. The van der Waals surface area contributed by atoms with Crippen LogP contribution in [0.3, 0.4) is 0 Å². The Balaban J connectivity index is 1.32. The van der Waals surface area contributed by atoms with Crippen molar-refractivity contribution < 1.29 is 9.32 Å². The lowest BCUT2D eigenvalue weighted by Gasteiger charge is -2.55. The molecule has 4 aliphatic heterocycles. The first-order valence-electron chi connectivity index (χ1n) is 11.0. The zero-order valence-electron chi connectivity index (χ0n) is 17.4. The number of piperidine rings is 2. The van der Waals surface area contributed by atoms with Gasteiger partial charge in [-0.15, -0.1) is 0 Å². The van der Waals surface area contributed by atoms with Crippen LogP contribution >= 0.6 is 0 Å². The number of nitrogens with zero attached hydrogens (tertiary/aromatic N) is 3. The van der Waals surface area contributed by atoms with Crippen LogP contribution in [0.15, 0.2) is 71.3 Å². The Hall–Kier alpha value is -2.96. The molecule has 5 heterocycles. The van der Waals surface area contributed by atoms with Crippen molar-refractivity contribution in [1.29, 1.82) is 0 Å². The summed E-state index contributed by atoms with van der Waals surface area (Å²) >= 11 is 0. The first-order chi connectivity index (χ1) is 15.2. The van der Waals surface area contributed by atoms with Gasteiger partial charge in [-0.05, 0) is 5.56 Å². The second kappa shape index (κ2) is 7.32. The highest BCUT2D eigenvalue weighted by molar-refractivity contribution is 5.92. The van der Waals surface area contributed by atoms with Gasteiger partial charge in [0.2, 0.25) is 5.76 Å². The number of carbonyl (C=O) groups excluding carboxylic acids is 1. The minimum absolute atomic E-state index is 0.0678. The highest BCUT2D eigenvalue weighted by Crippen LogP contribution is 2.43. The van der Waals surface area contributed by atoms with Crippen molar-refractivity contribution in [1.82, 2.24) is 20.3 Å². The van der Waals surface area contributed by atoms with Gasteiger partial charge < -0.3 is 19.6 Å². The molecule has 3 unspecified atom stereocenters. The van der Waals surface area contributed by atoms with E-state index in [1.807, 2.05) is 30.3 Å². The molecule has 0 saturated carbocycles. The van der Waals surface area contributed by atoms with Gasteiger partial charge in [0.15, 0.2) is 0 Å². The predicted molar refractivity (Wildman–Crippen MR) is 118 cm³/mol. The number of aromatic nitrogens is 1. The molecule has 31 heavy (non-hydrogen) atoms. The average molecular weight is 415 g/mol. The van der Waals surface area contributed by atoms with Gasteiger partial charge in [0.25, 0.3) is 5.91 Å². The molecule has 4 bridgehead atoms. The second-order valence-electron chi connectivity index (χ2n) is 9.15. The number of hydrogen-bond donors (Lipinski definition) is 1. The van der Waals surface area contributed by atoms with Crippen molar-refractivity contribution in [2.45, 2.75) is 11.5 Å². The summed E-state index contributed by atoms with van der Waals surface area (Å²) in [7, 11) is 0. The molecular weight excluding hydrogens is 388 g/mol. The molecule has 4 aliphatic rings. The van der Waals surface area contributed by atoms with Crippen LogP contribution in [0.1, 0.15) is 16.1 Å². The van der Waals surface area contributed by atoms with Crippen LogP contribution in [0.5, 0.6) is 0 Å². The minimum Gasteiger partial charge on any atom is -0.350 e. The number of fused-ring (bicyclic) bond motifs is 1. The summed E-state index contributed by atoms with van der Waals surface area (Å²) < 4.78 is 5.45. The van der Waals surface area contributed by atoms with Crippen molar-refractivity contribution in [2.75, 3.05) is 39.3 Å². The number of benzene rings is 2. The zero-order chi connectivity index (χ0) is 20.8. The van der Waals surface area contributed by atoms with Crippen LogP contribution in [0.25, 0.3) is 11.3 Å². The lowest BCUT2D eigenvalue weighted by atomic mass is 9.64. The maximum Gasteiger partial charge on any atom is 0.290 e. The van der Waals surface area contributed by atoms with E-state index in [2.05, 4.69) is 50.6 Å². The molecule has 2 aromatic carbocycles. The van der Waals surface area contributed by atoms with Gasteiger partial charge in [-0.1, -0.05) is 65.8 Å². The van der Waals surface area contributed by atoms with Crippen molar-refractivity contribution >= 4 is 5.91 Å². The monoisotopic (exact) mass is 414 g/mol. The predicted octanol–water partition coefficient (Wildman–Crippen LogP) is 2.64. The Bertz CT molecular complexity index is 1070. The maximum atomic E-state index is 13.3. The quantitative estimate of drug-likeness (QED) is 0.711. The van der Waals surface area contributed by atoms with E-state index in [0.29, 0.717) is 11.6 Å². The average Bonchev–Trinajstić information content (AvgIpc) is 3.17. The van der Waals surface area contributed by atoms with Gasteiger partial charge in [0, 0.05) is 68.3 Å². The van der Waals surface area contributed by atoms with Gasteiger partial charge in [-0.2, -0.15) is 0 Å². The van der Waals surface area contributed by atoms with E-state index in [9.17, 15) is 4.79 Å². The van der Waals surface area contributed by atoms with Gasteiger partial charge in [0.05, 0.1) is 0 Å². The number of nitrogens with one attached hydrogen (secondary N) is 1. The third-order valence-electron chi connectivity index (χ3n) is 7.23. The smallest absolute Gasteiger partial charge is 0.290 e. The summed E-state index contributed by atoms with van der Waals surface area (Å²) in [5, 5.41) is 7.51. The molecule has 1 amide bonds. The van der Waals surface area contributed by atoms with E-state index in [1.165, 1.54) is 5.56 Å². The fourth-order valence-corrected chi connectivity index (χ4v) is 5.91. The van der Waals surface area contributed by atoms with Crippen molar-refractivity contribution in [3.8, 4) is 11.3 Å². The molecule has 6 heteroatoms. The highest BCUT2D eigenvalue weighted by Gasteiger charge is 2.55. The van der Waals surface area contributed by atoms with E-state index in [-0.39, 0.29) is 23.1 Å². The molecule has 4 fully saturated rings. The maximum absolute atomic E-state index is 13.3. The SMILES string of the molecule is O=C(NC1C2CN3CCN(C2)CC1(c1ccccc1)C3)c1cc(-c2ccccc2)no1. The zero-order valence-corrected chi connectivity index (χ0v) is 17.4. The van der Waals surface area contributed by atoms with E-state index < -0.39 is 0 Å². The summed E-state index contributed by atoms with van der Waals surface area (Å²) in [6.45, 7) is 6.22. The number of amides is 1.